The summed E-state index contributed by atoms with van der Waals surface area (Å²) in [6, 6.07) is 8.32. The van der Waals surface area contributed by atoms with Crippen LogP contribution in [0.1, 0.15) is 5.56 Å². The molecular weight excluding hydrogens is 232 g/mol. The molecule has 1 aromatic heterocycles. The van der Waals surface area contributed by atoms with E-state index in [0.29, 0.717) is 11.7 Å². The van der Waals surface area contributed by atoms with E-state index in [0.717, 1.165) is 5.56 Å². The molecular formula is C12H12N4O2. The fourth-order valence-corrected chi connectivity index (χ4v) is 1.25. The van der Waals surface area contributed by atoms with Crippen molar-refractivity contribution in [1.29, 1.82) is 0 Å². The number of phenols is 1. The number of aromatic hydroxyl groups is 1. The van der Waals surface area contributed by atoms with Crippen LogP contribution in [-0.2, 0) is 0 Å². The Morgan fingerprint density at radius 2 is 2.06 bits per heavy atom. The third-order valence-corrected chi connectivity index (χ3v) is 2.14. The van der Waals surface area contributed by atoms with Gasteiger partial charge < -0.3 is 9.84 Å². The van der Waals surface area contributed by atoms with Crippen LogP contribution in [0.2, 0.25) is 0 Å². The first kappa shape index (κ1) is 11.8. The van der Waals surface area contributed by atoms with E-state index >= 15 is 0 Å². The summed E-state index contributed by atoms with van der Waals surface area (Å²) in [7, 11) is 1.53. The van der Waals surface area contributed by atoms with Crippen LogP contribution < -0.4 is 10.2 Å². The van der Waals surface area contributed by atoms with Gasteiger partial charge in [-0.3, -0.25) is 5.43 Å². The van der Waals surface area contributed by atoms with Crippen LogP contribution in [0.4, 0.5) is 5.82 Å². The predicted molar refractivity (Wildman–Crippen MR) is 67.9 cm³/mol. The smallest absolute Gasteiger partial charge is 0.218 e. The van der Waals surface area contributed by atoms with Crippen LogP contribution in [-0.4, -0.2) is 28.4 Å². The van der Waals surface area contributed by atoms with Crippen molar-refractivity contribution >= 4 is 12.0 Å². The molecule has 0 fully saturated rings. The van der Waals surface area contributed by atoms with Crippen LogP contribution >= 0.6 is 0 Å². The highest BCUT2D eigenvalue weighted by Crippen LogP contribution is 2.10. The van der Waals surface area contributed by atoms with Crippen LogP contribution in [0.3, 0.4) is 0 Å². The van der Waals surface area contributed by atoms with Gasteiger partial charge in [0.15, 0.2) is 5.82 Å². The number of ether oxygens (including phenoxy) is 1. The van der Waals surface area contributed by atoms with E-state index < -0.39 is 0 Å². The molecule has 0 aliphatic heterocycles. The molecule has 2 N–H and O–H groups in total. The second-order valence-electron chi connectivity index (χ2n) is 3.41. The average molecular weight is 244 g/mol. The van der Waals surface area contributed by atoms with Crippen molar-refractivity contribution in [3.63, 3.8) is 0 Å². The number of phenolic OH excluding ortho intramolecular Hbond substituents is 1. The molecule has 92 valence electrons. The highest BCUT2D eigenvalue weighted by molar-refractivity contribution is 5.80. The van der Waals surface area contributed by atoms with E-state index in [1.165, 1.54) is 13.4 Å². The largest absolute Gasteiger partial charge is 0.508 e. The molecule has 6 heteroatoms. The quantitative estimate of drug-likeness (QED) is 0.631. The standard InChI is InChI=1S/C12H12N4O2/c1-18-12-6-11(13-8-14-12)16-15-7-9-2-4-10(17)5-3-9/h2-8,17H,1H3,(H,13,14,16)/b15-7+. The summed E-state index contributed by atoms with van der Waals surface area (Å²) in [4.78, 5) is 7.86. The molecule has 1 aromatic carbocycles. The number of hydrogen-bond donors (Lipinski definition) is 2. The number of rotatable bonds is 4. The Bertz CT molecular complexity index is 540. The van der Waals surface area contributed by atoms with Crippen molar-refractivity contribution < 1.29 is 9.84 Å². The summed E-state index contributed by atoms with van der Waals surface area (Å²) < 4.78 is 4.96. The minimum atomic E-state index is 0.223. The Kier molecular flexibility index (Phi) is 3.70. The number of aromatic nitrogens is 2. The van der Waals surface area contributed by atoms with Gasteiger partial charge in [-0.2, -0.15) is 5.10 Å². The lowest BCUT2D eigenvalue weighted by Gasteiger charge is -2.01. The van der Waals surface area contributed by atoms with Crippen molar-refractivity contribution in [2.45, 2.75) is 0 Å². The Labute approximate surface area is 104 Å². The zero-order valence-electron chi connectivity index (χ0n) is 9.74. The first-order chi connectivity index (χ1) is 8.78. The fraction of sp³-hybridized carbons (Fsp3) is 0.0833. The number of methoxy groups -OCH3 is 1. The van der Waals surface area contributed by atoms with Gasteiger partial charge in [-0.1, -0.05) is 0 Å². The van der Waals surface area contributed by atoms with Crippen molar-refractivity contribution in [2.75, 3.05) is 12.5 Å². The Balaban J connectivity index is 2.00. The van der Waals surface area contributed by atoms with E-state index in [2.05, 4.69) is 20.5 Å². The lowest BCUT2D eigenvalue weighted by atomic mass is 10.2. The number of benzene rings is 1. The summed E-state index contributed by atoms with van der Waals surface area (Å²) in [5.74, 6) is 1.23. The first-order valence-corrected chi connectivity index (χ1v) is 5.22. The molecule has 0 aliphatic rings. The third-order valence-electron chi connectivity index (χ3n) is 2.14. The zero-order chi connectivity index (χ0) is 12.8. The summed E-state index contributed by atoms with van der Waals surface area (Å²) in [6.07, 6.45) is 3.01. The van der Waals surface area contributed by atoms with Crippen molar-refractivity contribution in [3.8, 4) is 11.6 Å². The van der Waals surface area contributed by atoms with Gasteiger partial charge in [-0.25, -0.2) is 9.97 Å². The molecule has 1 heterocycles. The zero-order valence-corrected chi connectivity index (χ0v) is 9.74. The van der Waals surface area contributed by atoms with Crippen LogP contribution in [0.25, 0.3) is 0 Å². The molecule has 0 aliphatic carbocycles. The van der Waals surface area contributed by atoms with Crippen LogP contribution in [0.5, 0.6) is 11.6 Å². The normalized spacial score (nSPS) is 10.5. The number of nitrogens with zero attached hydrogens (tertiary/aromatic N) is 3. The molecule has 2 aromatic rings. The van der Waals surface area contributed by atoms with Gasteiger partial charge in [-0.05, 0) is 29.8 Å². The molecule has 2 rings (SSSR count). The molecule has 0 unspecified atom stereocenters. The maximum Gasteiger partial charge on any atom is 0.218 e. The molecule has 6 nitrogen and oxygen atoms in total. The minimum absolute atomic E-state index is 0.223. The minimum Gasteiger partial charge on any atom is -0.508 e. The van der Waals surface area contributed by atoms with Crippen molar-refractivity contribution in [3.05, 3.63) is 42.2 Å². The maximum atomic E-state index is 9.13. The van der Waals surface area contributed by atoms with Gasteiger partial charge in [0.2, 0.25) is 5.88 Å². The second-order valence-corrected chi connectivity index (χ2v) is 3.41. The average Bonchev–Trinajstić information content (AvgIpc) is 2.41. The van der Waals surface area contributed by atoms with Crippen molar-refractivity contribution in [1.82, 2.24) is 9.97 Å². The van der Waals surface area contributed by atoms with Gasteiger partial charge >= 0.3 is 0 Å². The van der Waals surface area contributed by atoms with Crippen LogP contribution in [0, 0.1) is 0 Å². The summed E-state index contributed by atoms with van der Waals surface area (Å²) >= 11 is 0. The van der Waals surface area contributed by atoms with Gasteiger partial charge in [-0.15, -0.1) is 0 Å². The van der Waals surface area contributed by atoms with Gasteiger partial charge in [0, 0.05) is 6.07 Å². The lowest BCUT2D eigenvalue weighted by Crippen LogP contribution is -1.95. The maximum absolute atomic E-state index is 9.13. The number of hydrogen-bond acceptors (Lipinski definition) is 6. The third kappa shape index (κ3) is 3.18. The predicted octanol–water partition coefficient (Wildman–Crippen LogP) is 1.64. The van der Waals surface area contributed by atoms with Gasteiger partial charge in [0.05, 0.1) is 13.3 Å². The monoisotopic (exact) mass is 244 g/mol. The lowest BCUT2D eigenvalue weighted by molar-refractivity contribution is 0.397. The van der Waals surface area contributed by atoms with Gasteiger partial charge in [0.1, 0.15) is 12.1 Å². The molecule has 0 radical (unpaired) electrons. The summed E-state index contributed by atoms with van der Waals surface area (Å²) in [6.45, 7) is 0. The molecule has 0 saturated carbocycles. The molecule has 0 saturated heterocycles. The first-order valence-electron chi connectivity index (χ1n) is 5.22. The summed E-state index contributed by atoms with van der Waals surface area (Å²) in [5, 5.41) is 13.1. The molecule has 0 spiro atoms. The van der Waals surface area contributed by atoms with E-state index in [9.17, 15) is 0 Å². The molecule has 0 atom stereocenters. The topological polar surface area (TPSA) is 79.6 Å². The van der Waals surface area contributed by atoms with E-state index in [1.54, 1.807) is 36.5 Å². The van der Waals surface area contributed by atoms with Gasteiger partial charge in [0.25, 0.3) is 0 Å². The summed E-state index contributed by atoms with van der Waals surface area (Å²) in [5.41, 5.74) is 3.62. The highest BCUT2D eigenvalue weighted by atomic mass is 16.5. The fourth-order valence-electron chi connectivity index (χ4n) is 1.25. The molecule has 18 heavy (non-hydrogen) atoms. The van der Waals surface area contributed by atoms with E-state index in [1.807, 2.05) is 0 Å². The molecule has 0 amide bonds. The highest BCUT2D eigenvalue weighted by Gasteiger charge is 1.95. The second kappa shape index (κ2) is 5.62. The Morgan fingerprint density at radius 3 is 2.78 bits per heavy atom. The van der Waals surface area contributed by atoms with Crippen LogP contribution in [0.15, 0.2) is 41.8 Å². The number of nitrogens with one attached hydrogen (secondary N) is 1. The Morgan fingerprint density at radius 1 is 1.28 bits per heavy atom. The van der Waals surface area contributed by atoms with E-state index in [4.69, 9.17) is 9.84 Å². The van der Waals surface area contributed by atoms with Crippen molar-refractivity contribution in [2.24, 2.45) is 5.10 Å². The SMILES string of the molecule is COc1cc(N/N=C/c2ccc(O)cc2)ncn1. The number of anilines is 1. The Hall–Kier alpha value is -2.63. The molecule has 0 bridgehead atoms. The number of hydrazone groups is 1. The van der Waals surface area contributed by atoms with E-state index in [-0.39, 0.29) is 5.75 Å².